The number of para-hydroxylation sites is 1. The molecular weight excluding hydrogens is 288 g/mol. The Morgan fingerprint density at radius 3 is 2.13 bits per heavy atom. The Morgan fingerprint density at radius 1 is 1.09 bits per heavy atom. The Morgan fingerprint density at radius 2 is 1.65 bits per heavy atom. The van der Waals surface area contributed by atoms with Crippen molar-refractivity contribution in [2.24, 2.45) is 0 Å². The molecule has 4 nitrogen and oxygen atoms in total. The molecule has 23 heavy (non-hydrogen) atoms. The molecule has 1 fully saturated rings. The zero-order chi connectivity index (χ0) is 16.8. The van der Waals surface area contributed by atoms with E-state index in [2.05, 4.69) is 32.0 Å². The second kappa shape index (κ2) is 8.14. The third-order valence-electron chi connectivity index (χ3n) is 4.62. The van der Waals surface area contributed by atoms with Crippen LogP contribution in [-0.4, -0.2) is 36.3 Å². The Bertz CT molecular complexity index is 540. The normalized spacial score (nSPS) is 14.1. The van der Waals surface area contributed by atoms with Gasteiger partial charge in [0.05, 0.1) is 0 Å². The maximum absolute atomic E-state index is 12.3. The molecule has 1 heterocycles. The molecule has 2 rings (SSSR count). The van der Waals surface area contributed by atoms with Gasteiger partial charge >= 0.3 is 0 Å². The third kappa shape index (κ3) is 4.12. The lowest BCUT2D eigenvalue weighted by atomic mass is 10.0. The van der Waals surface area contributed by atoms with Crippen LogP contribution >= 0.6 is 0 Å². The summed E-state index contributed by atoms with van der Waals surface area (Å²) in [5.74, 6) is 0.176. The van der Waals surface area contributed by atoms with Crippen molar-refractivity contribution in [3.05, 3.63) is 29.3 Å². The summed E-state index contributed by atoms with van der Waals surface area (Å²) in [7, 11) is 0. The van der Waals surface area contributed by atoms with E-state index in [4.69, 9.17) is 0 Å². The summed E-state index contributed by atoms with van der Waals surface area (Å²) in [6.45, 7) is 7.99. The van der Waals surface area contributed by atoms with Gasteiger partial charge in [0.1, 0.15) is 0 Å². The first-order valence-electron chi connectivity index (χ1n) is 8.75. The van der Waals surface area contributed by atoms with Gasteiger partial charge in [0.15, 0.2) is 0 Å². The van der Waals surface area contributed by atoms with Crippen LogP contribution < -0.4 is 4.90 Å². The third-order valence-corrected chi connectivity index (χ3v) is 4.62. The fraction of sp³-hybridized carbons (Fsp3) is 0.579. The molecule has 0 spiro atoms. The van der Waals surface area contributed by atoms with E-state index < -0.39 is 0 Å². The topological polar surface area (TPSA) is 40.6 Å². The van der Waals surface area contributed by atoms with Crippen molar-refractivity contribution in [2.45, 2.75) is 52.9 Å². The lowest BCUT2D eigenvalue weighted by Gasteiger charge is -2.27. The molecule has 0 N–H and O–H groups in total. The Balaban J connectivity index is 2.18. The van der Waals surface area contributed by atoms with E-state index >= 15 is 0 Å². The van der Waals surface area contributed by atoms with E-state index in [9.17, 15) is 9.59 Å². The van der Waals surface area contributed by atoms with Crippen LogP contribution in [0, 0.1) is 0 Å². The minimum Gasteiger partial charge on any atom is -0.343 e. The molecule has 0 saturated carbocycles. The van der Waals surface area contributed by atoms with Gasteiger partial charge in [-0.3, -0.25) is 9.59 Å². The fourth-order valence-corrected chi connectivity index (χ4v) is 3.32. The van der Waals surface area contributed by atoms with Gasteiger partial charge in [-0.15, -0.1) is 0 Å². The molecule has 0 bridgehead atoms. The number of rotatable bonds is 6. The predicted octanol–water partition coefficient (Wildman–Crippen LogP) is 3.18. The summed E-state index contributed by atoms with van der Waals surface area (Å²) in [6.07, 6.45) is 4.36. The van der Waals surface area contributed by atoms with Gasteiger partial charge in [-0.25, -0.2) is 0 Å². The number of hydrogen-bond acceptors (Lipinski definition) is 2. The Kier molecular flexibility index (Phi) is 6.20. The summed E-state index contributed by atoms with van der Waals surface area (Å²) < 4.78 is 0. The van der Waals surface area contributed by atoms with Gasteiger partial charge < -0.3 is 9.80 Å². The number of aryl methyl sites for hydroxylation is 2. The van der Waals surface area contributed by atoms with Gasteiger partial charge in [-0.2, -0.15) is 0 Å². The Labute approximate surface area is 139 Å². The molecule has 1 aromatic rings. The molecule has 0 aliphatic carbocycles. The largest absolute Gasteiger partial charge is 0.343 e. The van der Waals surface area contributed by atoms with Gasteiger partial charge in [0.2, 0.25) is 11.8 Å². The first-order valence-corrected chi connectivity index (χ1v) is 8.75. The molecule has 4 heteroatoms. The average molecular weight is 316 g/mol. The SMILES string of the molecule is CCc1cccc(CC)c1N(CCC(=O)N1CCCC1)C(C)=O. The monoisotopic (exact) mass is 316 g/mol. The zero-order valence-corrected chi connectivity index (χ0v) is 14.6. The van der Waals surface area contributed by atoms with E-state index in [-0.39, 0.29) is 11.8 Å². The first-order chi connectivity index (χ1) is 11.1. The lowest BCUT2D eigenvalue weighted by molar-refractivity contribution is -0.129. The second-order valence-electron chi connectivity index (χ2n) is 6.14. The number of hydrogen-bond donors (Lipinski definition) is 0. The molecule has 0 aromatic heterocycles. The molecule has 1 aliphatic heterocycles. The summed E-state index contributed by atoms with van der Waals surface area (Å²) in [4.78, 5) is 28.2. The molecule has 2 amide bonds. The molecule has 0 unspecified atom stereocenters. The predicted molar refractivity (Wildman–Crippen MR) is 93.7 cm³/mol. The van der Waals surface area contributed by atoms with Crippen molar-refractivity contribution in [2.75, 3.05) is 24.5 Å². The highest BCUT2D eigenvalue weighted by Crippen LogP contribution is 2.27. The van der Waals surface area contributed by atoms with Crippen molar-refractivity contribution in [1.82, 2.24) is 4.90 Å². The highest BCUT2D eigenvalue weighted by Gasteiger charge is 2.22. The second-order valence-corrected chi connectivity index (χ2v) is 6.14. The maximum atomic E-state index is 12.3. The van der Waals surface area contributed by atoms with Crippen LogP contribution in [0.1, 0.15) is 51.2 Å². The van der Waals surface area contributed by atoms with Gasteiger partial charge in [0.25, 0.3) is 0 Å². The van der Waals surface area contributed by atoms with E-state index in [1.807, 2.05) is 4.90 Å². The van der Waals surface area contributed by atoms with Crippen LogP contribution in [0.3, 0.4) is 0 Å². The van der Waals surface area contributed by atoms with Crippen LogP contribution in [0.4, 0.5) is 5.69 Å². The quantitative estimate of drug-likeness (QED) is 0.809. The van der Waals surface area contributed by atoms with E-state index in [0.29, 0.717) is 13.0 Å². The number of likely N-dealkylation sites (tertiary alicyclic amines) is 1. The summed E-state index contributed by atoms with van der Waals surface area (Å²) in [6, 6.07) is 6.20. The van der Waals surface area contributed by atoms with Crippen molar-refractivity contribution >= 4 is 17.5 Å². The average Bonchev–Trinajstić information content (AvgIpc) is 3.09. The van der Waals surface area contributed by atoms with Crippen LogP contribution in [0.2, 0.25) is 0 Å². The standard InChI is InChI=1S/C19H28N2O2/c1-4-16-9-8-10-17(5-2)19(16)21(15(3)22)14-11-18(23)20-12-6-7-13-20/h8-10H,4-7,11-14H2,1-3H3. The van der Waals surface area contributed by atoms with E-state index in [1.165, 1.54) is 11.1 Å². The highest BCUT2D eigenvalue weighted by atomic mass is 16.2. The van der Waals surface area contributed by atoms with Crippen LogP contribution in [0.15, 0.2) is 18.2 Å². The molecule has 126 valence electrons. The molecule has 1 aromatic carbocycles. The first kappa shape index (κ1) is 17.5. The van der Waals surface area contributed by atoms with Crippen molar-refractivity contribution < 1.29 is 9.59 Å². The molecule has 0 atom stereocenters. The van der Waals surface area contributed by atoms with E-state index in [0.717, 1.165) is 44.5 Å². The van der Waals surface area contributed by atoms with Crippen LogP contribution in [-0.2, 0) is 22.4 Å². The highest BCUT2D eigenvalue weighted by molar-refractivity contribution is 5.94. The Hall–Kier alpha value is -1.84. The van der Waals surface area contributed by atoms with Gasteiger partial charge in [0, 0.05) is 38.7 Å². The minimum absolute atomic E-state index is 0.00909. The van der Waals surface area contributed by atoms with Crippen LogP contribution in [0.5, 0.6) is 0 Å². The summed E-state index contributed by atoms with van der Waals surface area (Å²) >= 11 is 0. The fourth-order valence-electron chi connectivity index (χ4n) is 3.32. The number of benzene rings is 1. The summed E-state index contributed by atoms with van der Waals surface area (Å²) in [5, 5.41) is 0. The van der Waals surface area contributed by atoms with Crippen molar-refractivity contribution in [3.63, 3.8) is 0 Å². The summed E-state index contributed by atoms with van der Waals surface area (Å²) in [5.41, 5.74) is 3.36. The molecule has 1 saturated heterocycles. The van der Waals surface area contributed by atoms with Crippen molar-refractivity contribution in [3.8, 4) is 0 Å². The minimum atomic E-state index is 0.00909. The molecular formula is C19H28N2O2. The number of nitrogens with zero attached hydrogens (tertiary/aromatic N) is 2. The number of amides is 2. The number of carbonyl (C=O) groups excluding carboxylic acids is 2. The van der Waals surface area contributed by atoms with Gasteiger partial charge in [-0.05, 0) is 36.8 Å². The van der Waals surface area contributed by atoms with Gasteiger partial charge in [-0.1, -0.05) is 32.0 Å². The maximum Gasteiger partial charge on any atom is 0.224 e. The number of carbonyl (C=O) groups is 2. The van der Waals surface area contributed by atoms with Crippen LogP contribution in [0.25, 0.3) is 0 Å². The number of anilines is 1. The zero-order valence-electron chi connectivity index (χ0n) is 14.6. The van der Waals surface area contributed by atoms with E-state index in [1.54, 1.807) is 11.8 Å². The molecule has 0 radical (unpaired) electrons. The lowest BCUT2D eigenvalue weighted by Crippen LogP contribution is -2.36. The van der Waals surface area contributed by atoms with Crippen molar-refractivity contribution in [1.29, 1.82) is 0 Å². The molecule has 1 aliphatic rings. The smallest absolute Gasteiger partial charge is 0.224 e.